The molecule has 0 spiro atoms. The van der Waals surface area contributed by atoms with Gasteiger partial charge in [0.05, 0.1) is 12.3 Å². The smallest absolute Gasteiger partial charge is 0.148 e. The van der Waals surface area contributed by atoms with E-state index in [0.29, 0.717) is 13.1 Å². The summed E-state index contributed by atoms with van der Waals surface area (Å²) >= 11 is 1.59. The van der Waals surface area contributed by atoms with Crippen LogP contribution in [0.4, 0.5) is 5.82 Å². The molecule has 0 aromatic carbocycles. The van der Waals surface area contributed by atoms with Gasteiger partial charge < -0.3 is 15.7 Å². The van der Waals surface area contributed by atoms with E-state index in [1.165, 1.54) is 17.7 Å². The highest BCUT2D eigenvalue weighted by molar-refractivity contribution is 7.14. The van der Waals surface area contributed by atoms with E-state index in [9.17, 15) is 0 Å². The van der Waals surface area contributed by atoms with E-state index >= 15 is 0 Å². The van der Waals surface area contributed by atoms with Crippen LogP contribution in [0.2, 0.25) is 0 Å². The molecule has 1 aliphatic rings. The van der Waals surface area contributed by atoms with Crippen LogP contribution in [0.25, 0.3) is 10.7 Å². The summed E-state index contributed by atoms with van der Waals surface area (Å²) in [5, 5.41) is 25.0. The Balaban J connectivity index is 1.39. The van der Waals surface area contributed by atoms with E-state index in [-0.39, 0.29) is 12.0 Å². The fourth-order valence-corrected chi connectivity index (χ4v) is 4.59. The summed E-state index contributed by atoms with van der Waals surface area (Å²) in [5.74, 6) is 0.773. The molecule has 3 aromatic rings. The van der Waals surface area contributed by atoms with Crippen molar-refractivity contribution in [1.29, 1.82) is 0 Å². The highest BCUT2D eigenvalue weighted by atomic mass is 32.1. The quantitative estimate of drug-likeness (QED) is 0.467. The van der Waals surface area contributed by atoms with Crippen LogP contribution in [-0.4, -0.2) is 45.0 Å². The number of hydrogen-bond acceptors (Lipinski definition) is 8. The first-order valence-corrected chi connectivity index (χ1v) is 10.8. The molecule has 1 aliphatic carbocycles. The molecular formula is C21H26N6OS. The van der Waals surface area contributed by atoms with Gasteiger partial charge in [0.2, 0.25) is 0 Å². The lowest BCUT2D eigenvalue weighted by molar-refractivity contribution is 0.251. The van der Waals surface area contributed by atoms with Crippen LogP contribution >= 0.6 is 11.3 Å². The maximum Gasteiger partial charge on any atom is 0.148 e. The number of aryl methyl sites for hydroxylation is 1. The Morgan fingerprint density at radius 3 is 2.76 bits per heavy atom. The van der Waals surface area contributed by atoms with E-state index in [2.05, 4.69) is 43.8 Å². The Kier molecular flexibility index (Phi) is 6.13. The zero-order valence-electron chi connectivity index (χ0n) is 16.6. The predicted molar refractivity (Wildman–Crippen MR) is 115 cm³/mol. The van der Waals surface area contributed by atoms with Gasteiger partial charge in [0, 0.05) is 42.3 Å². The van der Waals surface area contributed by atoms with Gasteiger partial charge in [0.1, 0.15) is 16.5 Å². The third kappa shape index (κ3) is 4.44. The van der Waals surface area contributed by atoms with Gasteiger partial charge in [0.15, 0.2) is 0 Å². The van der Waals surface area contributed by atoms with Crippen molar-refractivity contribution in [2.24, 2.45) is 0 Å². The third-order valence-corrected chi connectivity index (χ3v) is 6.48. The van der Waals surface area contributed by atoms with Crippen molar-refractivity contribution in [3.05, 3.63) is 52.8 Å². The minimum absolute atomic E-state index is 0.0947. The van der Waals surface area contributed by atoms with Crippen LogP contribution in [0.5, 0.6) is 0 Å². The summed E-state index contributed by atoms with van der Waals surface area (Å²) in [4.78, 5) is 10.2. The second-order valence-corrected chi connectivity index (χ2v) is 8.61. The monoisotopic (exact) mass is 410 g/mol. The molecule has 0 radical (unpaired) electrons. The Hall–Kier alpha value is -2.42. The van der Waals surface area contributed by atoms with Gasteiger partial charge in [-0.3, -0.25) is 4.98 Å². The number of thiazole rings is 1. The Bertz CT molecular complexity index is 938. The van der Waals surface area contributed by atoms with Crippen molar-refractivity contribution in [3.8, 4) is 10.7 Å². The first-order valence-electron chi connectivity index (χ1n) is 9.96. The van der Waals surface area contributed by atoms with Gasteiger partial charge in [0.25, 0.3) is 0 Å². The predicted octanol–water partition coefficient (Wildman–Crippen LogP) is 2.92. The molecular weight excluding hydrogens is 384 g/mol. The molecule has 29 heavy (non-hydrogen) atoms. The number of pyridine rings is 1. The largest absolute Gasteiger partial charge is 0.395 e. The molecule has 0 amide bonds. The number of hydrogen-bond donors (Lipinski definition) is 3. The van der Waals surface area contributed by atoms with Gasteiger partial charge in [-0.1, -0.05) is 12.5 Å². The van der Waals surface area contributed by atoms with Crippen LogP contribution in [0.15, 0.2) is 36.7 Å². The van der Waals surface area contributed by atoms with Crippen molar-refractivity contribution < 1.29 is 5.11 Å². The highest BCUT2D eigenvalue weighted by Crippen LogP contribution is 2.44. The van der Waals surface area contributed by atoms with E-state index < -0.39 is 0 Å². The normalized spacial score (nSPS) is 15.1. The third-order valence-electron chi connectivity index (χ3n) is 5.46. The Morgan fingerprint density at radius 2 is 2.07 bits per heavy atom. The van der Waals surface area contributed by atoms with E-state index in [4.69, 9.17) is 5.11 Å². The minimum atomic E-state index is 0.0947. The number of nitrogens with one attached hydrogen (secondary N) is 2. The van der Waals surface area contributed by atoms with Gasteiger partial charge in [-0.15, -0.1) is 21.5 Å². The molecule has 7 nitrogen and oxygen atoms in total. The van der Waals surface area contributed by atoms with Crippen LogP contribution in [-0.2, 0) is 12.0 Å². The SMILES string of the molecule is Cc1cccnc1C1(CNc2ccc(-c3ncc(CNCCO)s3)nn2)CCC1. The average molecular weight is 411 g/mol. The maximum atomic E-state index is 8.84. The number of rotatable bonds is 9. The molecule has 3 N–H and O–H groups in total. The molecule has 1 fully saturated rings. The average Bonchev–Trinajstić information content (AvgIpc) is 3.18. The van der Waals surface area contributed by atoms with Crippen molar-refractivity contribution in [3.63, 3.8) is 0 Å². The first-order chi connectivity index (χ1) is 14.2. The fourth-order valence-electron chi connectivity index (χ4n) is 3.74. The molecule has 152 valence electrons. The molecule has 1 saturated carbocycles. The number of aliphatic hydroxyl groups is 1. The number of aromatic nitrogens is 4. The lowest BCUT2D eigenvalue weighted by Crippen LogP contribution is -2.42. The topological polar surface area (TPSA) is 95.9 Å². The lowest BCUT2D eigenvalue weighted by Gasteiger charge is -2.42. The summed E-state index contributed by atoms with van der Waals surface area (Å²) < 4.78 is 0. The molecule has 0 aliphatic heterocycles. The summed E-state index contributed by atoms with van der Waals surface area (Å²) in [5.41, 5.74) is 3.32. The molecule has 0 bridgehead atoms. The number of nitrogens with zero attached hydrogens (tertiary/aromatic N) is 4. The van der Waals surface area contributed by atoms with Crippen LogP contribution < -0.4 is 10.6 Å². The summed E-state index contributed by atoms with van der Waals surface area (Å²) in [6.07, 6.45) is 7.26. The van der Waals surface area contributed by atoms with Gasteiger partial charge in [-0.25, -0.2) is 4.98 Å². The number of aliphatic hydroxyl groups excluding tert-OH is 1. The van der Waals surface area contributed by atoms with E-state index in [0.717, 1.165) is 40.8 Å². The summed E-state index contributed by atoms with van der Waals surface area (Å²) in [6.45, 7) is 4.36. The Labute approximate surface area is 174 Å². The van der Waals surface area contributed by atoms with Crippen molar-refractivity contribution >= 4 is 17.2 Å². The van der Waals surface area contributed by atoms with E-state index in [1.807, 2.05) is 30.6 Å². The molecule has 0 saturated heterocycles. The van der Waals surface area contributed by atoms with Gasteiger partial charge in [-0.2, -0.15) is 0 Å². The highest BCUT2D eigenvalue weighted by Gasteiger charge is 2.40. The van der Waals surface area contributed by atoms with Gasteiger partial charge >= 0.3 is 0 Å². The Morgan fingerprint density at radius 1 is 1.17 bits per heavy atom. The van der Waals surface area contributed by atoms with Crippen LogP contribution in [0, 0.1) is 6.92 Å². The molecule has 4 rings (SSSR count). The number of anilines is 1. The lowest BCUT2D eigenvalue weighted by atomic mass is 9.65. The molecule has 3 heterocycles. The minimum Gasteiger partial charge on any atom is -0.395 e. The van der Waals surface area contributed by atoms with Crippen molar-refractivity contribution in [1.82, 2.24) is 25.5 Å². The standard InChI is InChI=1S/C21H26N6OS/c1-15-4-2-9-23-19(15)21(7-3-8-21)14-25-18-6-5-17(26-27-18)20-24-13-16(29-20)12-22-10-11-28/h2,4-6,9,13,22,28H,3,7-8,10-12,14H2,1H3,(H,25,27). The van der Waals surface area contributed by atoms with Crippen molar-refractivity contribution in [2.75, 3.05) is 25.0 Å². The fraction of sp³-hybridized carbons (Fsp3) is 0.429. The second-order valence-electron chi connectivity index (χ2n) is 7.49. The second kappa shape index (κ2) is 8.94. The summed E-state index contributed by atoms with van der Waals surface area (Å²) in [7, 11) is 0. The zero-order valence-corrected chi connectivity index (χ0v) is 17.4. The zero-order chi connectivity index (χ0) is 20.1. The molecule has 0 atom stereocenters. The van der Waals surface area contributed by atoms with Gasteiger partial charge in [-0.05, 0) is 43.5 Å². The van der Waals surface area contributed by atoms with Crippen LogP contribution in [0.1, 0.15) is 35.4 Å². The van der Waals surface area contributed by atoms with E-state index in [1.54, 1.807) is 11.3 Å². The molecule has 3 aromatic heterocycles. The molecule has 8 heteroatoms. The molecule has 0 unspecified atom stereocenters. The summed E-state index contributed by atoms with van der Waals surface area (Å²) in [6, 6.07) is 8.05. The van der Waals surface area contributed by atoms with Crippen molar-refractivity contribution in [2.45, 2.75) is 38.1 Å². The maximum absolute atomic E-state index is 8.84. The first kappa shape index (κ1) is 19.9. The van der Waals surface area contributed by atoms with Crippen LogP contribution in [0.3, 0.4) is 0 Å².